The lowest BCUT2D eigenvalue weighted by atomic mass is 10.0. The van der Waals surface area contributed by atoms with Gasteiger partial charge >= 0.3 is 12.3 Å². The Morgan fingerprint density at radius 1 is 1.11 bits per heavy atom. The molecular formula is C25H23F3N4O5S. The Morgan fingerprint density at radius 3 is 2.53 bits per heavy atom. The molecule has 4 aromatic rings. The smallest absolute Gasteiger partial charge is 0.476 e. The molecule has 0 unspecified atom stereocenters. The number of benzene rings is 2. The van der Waals surface area contributed by atoms with Gasteiger partial charge in [0.25, 0.3) is 0 Å². The molecule has 0 fully saturated rings. The van der Waals surface area contributed by atoms with Gasteiger partial charge in [0.05, 0.1) is 11.3 Å². The van der Waals surface area contributed by atoms with Crippen LogP contribution in [0.1, 0.15) is 22.5 Å². The summed E-state index contributed by atoms with van der Waals surface area (Å²) in [5, 5.41) is 17.2. The molecule has 2 aromatic heterocycles. The molecular weight excluding hydrogens is 525 g/mol. The molecule has 0 bridgehead atoms. The molecule has 0 radical (unpaired) electrons. The third-order valence-electron chi connectivity index (χ3n) is 5.54. The van der Waals surface area contributed by atoms with Crippen molar-refractivity contribution >= 4 is 32.5 Å². The number of alkyl halides is 3. The number of aromatic carboxylic acids is 1. The van der Waals surface area contributed by atoms with Crippen molar-refractivity contribution in [3.05, 3.63) is 72.1 Å². The predicted octanol–water partition coefficient (Wildman–Crippen LogP) is 4.74. The number of carboxylic acids is 1. The number of fused-ring (bicyclic) bond motifs is 1. The number of hydrogen-bond acceptors (Lipinski definition) is 7. The maximum Gasteiger partial charge on any atom is 0.573 e. The number of carboxylic acid groups (broad SMARTS) is 1. The zero-order valence-electron chi connectivity index (χ0n) is 20.1. The van der Waals surface area contributed by atoms with Gasteiger partial charge in [0.2, 0.25) is 0 Å². The standard InChI is InChI=1S/C25H23F3N4O5S/c1-38(35,36)11-3-10-32-21-8-6-17(13-20(21)23(31-32)24(33)34)18-7-9-22(30-15-18)29-14-16-4-2-5-19(12-16)37-25(26,27)28/h2,4-9,12-13,15H,3,10-11,14H2,1H3,(H,29,30)(H,33,34). The molecule has 2 aromatic carbocycles. The van der Waals surface area contributed by atoms with Crippen LogP contribution in [0.25, 0.3) is 22.0 Å². The van der Waals surface area contributed by atoms with Gasteiger partial charge in [-0.1, -0.05) is 18.2 Å². The van der Waals surface area contributed by atoms with Gasteiger partial charge in [-0.05, 0) is 53.9 Å². The first-order chi connectivity index (χ1) is 17.9. The number of halogens is 3. The number of ether oxygens (including phenoxy) is 1. The molecule has 38 heavy (non-hydrogen) atoms. The molecule has 200 valence electrons. The lowest BCUT2D eigenvalue weighted by Crippen LogP contribution is -2.17. The second kappa shape index (κ2) is 10.7. The summed E-state index contributed by atoms with van der Waals surface area (Å²) >= 11 is 0. The van der Waals surface area contributed by atoms with E-state index in [0.717, 1.165) is 6.26 Å². The molecule has 0 aliphatic carbocycles. The number of aryl methyl sites for hydroxylation is 1. The summed E-state index contributed by atoms with van der Waals surface area (Å²) in [5.41, 5.74) is 2.41. The minimum absolute atomic E-state index is 0.0341. The molecule has 0 spiro atoms. The molecule has 0 atom stereocenters. The number of aromatic nitrogens is 3. The van der Waals surface area contributed by atoms with Crippen LogP contribution >= 0.6 is 0 Å². The average Bonchev–Trinajstić information content (AvgIpc) is 3.20. The maximum absolute atomic E-state index is 12.4. The molecule has 0 saturated carbocycles. The van der Waals surface area contributed by atoms with Crippen LogP contribution in [-0.2, 0) is 22.9 Å². The number of nitrogens with zero attached hydrogens (tertiary/aromatic N) is 3. The van der Waals surface area contributed by atoms with Crippen LogP contribution in [0.3, 0.4) is 0 Å². The van der Waals surface area contributed by atoms with E-state index in [0.29, 0.717) is 39.8 Å². The van der Waals surface area contributed by atoms with E-state index in [9.17, 15) is 31.5 Å². The van der Waals surface area contributed by atoms with Crippen LogP contribution in [-0.4, -0.2) is 52.6 Å². The van der Waals surface area contributed by atoms with Crippen molar-refractivity contribution in [2.75, 3.05) is 17.3 Å². The zero-order valence-corrected chi connectivity index (χ0v) is 20.9. The monoisotopic (exact) mass is 548 g/mol. The summed E-state index contributed by atoms with van der Waals surface area (Å²) in [6, 6.07) is 14.3. The van der Waals surface area contributed by atoms with Crippen molar-refractivity contribution in [1.29, 1.82) is 0 Å². The van der Waals surface area contributed by atoms with Crippen LogP contribution in [0.2, 0.25) is 0 Å². The molecule has 13 heteroatoms. The predicted molar refractivity (Wildman–Crippen MR) is 135 cm³/mol. The third-order valence-corrected chi connectivity index (χ3v) is 6.57. The normalized spacial score (nSPS) is 12.0. The molecule has 2 heterocycles. The fourth-order valence-corrected chi connectivity index (χ4v) is 4.53. The highest BCUT2D eigenvalue weighted by molar-refractivity contribution is 7.90. The fraction of sp³-hybridized carbons (Fsp3) is 0.240. The van der Waals surface area contributed by atoms with Crippen LogP contribution in [0, 0.1) is 0 Å². The van der Waals surface area contributed by atoms with Gasteiger partial charge in [-0.3, -0.25) is 4.68 Å². The maximum atomic E-state index is 12.4. The highest BCUT2D eigenvalue weighted by Gasteiger charge is 2.31. The zero-order chi connectivity index (χ0) is 27.5. The van der Waals surface area contributed by atoms with Gasteiger partial charge in [-0.15, -0.1) is 13.2 Å². The van der Waals surface area contributed by atoms with E-state index in [4.69, 9.17) is 0 Å². The van der Waals surface area contributed by atoms with E-state index in [1.54, 1.807) is 42.6 Å². The quantitative estimate of drug-likeness (QED) is 0.291. The first-order valence-electron chi connectivity index (χ1n) is 11.3. The summed E-state index contributed by atoms with van der Waals surface area (Å²) in [7, 11) is -3.15. The number of rotatable bonds is 10. The minimum atomic E-state index is -4.77. The van der Waals surface area contributed by atoms with Gasteiger partial charge < -0.3 is 15.2 Å². The number of nitrogens with one attached hydrogen (secondary N) is 1. The Kier molecular flexibility index (Phi) is 7.58. The van der Waals surface area contributed by atoms with E-state index in [1.807, 2.05) is 0 Å². The lowest BCUT2D eigenvalue weighted by molar-refractivity contribution is -0.274. The summed E-state index contributed by atoms with van der Waals surface area (Å²) in [6.07, 6.45) is -1.74. The van der Waals surface area contributed by atoms with Crippen molar-refractivity contribution in [2.24, 2.45) is 0 Å². The molecule has 0 saturated heterocycles. The number of anilines is 1. The van der Waals surface area contributed by atoms with Crippen LogP contribution in [0.15, 0.2) is 60.8 Å². The Morgan fingerprint density at radius 2 is 1.87 bits per heavy atom. The van der Waals surface area contributed by atoms with E-state index in [2.05, 4.69) is 20.1 Å². The largest absolute Gasteiger partial charge is 0.573 e. The Labute approximate surface area is 215 Å². The molecule has 0 aliphatic heterocycles. The minimum Gasteiger partial charge on any atom is -0.476 e. The summed E-state index contributed by atoms with van der Waals surface area (Å²) < 4.78 is 65.6. The van der Waals surface area contributed by atoms with Gasteiger partial charge in [0.15, 0.2) is 5.69 Å². The molecule has 9 nitrogen and oxygen atoms in total. The van der Waals surface area contributed by atoms with Gasteiger partial charge in [-0.25, -0.2) is 18.2 Å². The number of hydrogen-bond donors (Lipinski definition) is 2. The van der Waals surface area contributed by atoms with Gasteiger partial charge in [0.1, 0.15) is 21.4 Å². The highest BCUT2D eigenvalue weighted by atomic mass is 32.2. The van der Waals surface area contributed by atoms with E-state index < -0.39 is 22.2 Å². The molecule has 4 rings (SSSR count). The number of sulfone groups is 1. The first-order valence-corrected chi connectivity index (χ1v) is 13.4. The summed E-state index contributed by atoms with van der Waals surface area (Å²) in [5.74, 6) is -1.05. The Hall–Kier alpha value is -4.13. The second-order valence-electron chi connectivity index (χ2n) is 8.57. The topological polar surface area (TPSA) is 123 Å². The van der Waals surface area contributed by atoms with Crippen molar-refractivity contribution in [1.82, 2.24) is 14.8 Å². The Bertz CT molecular complexity index is 1570. The first kappa shape index (κ1) is 26.9. The second-order valence-corrected chi connectivity index (χ2v) is 10.8. The fourth-order valence-electron chi connectivity index (χ4n) is 3.88. The van der Waals surface area contributed by atoms with Crippen LogP contribution in [0.5, 0.6) is 5.75 Å². The third kappa shape index (κ3) is 7.00. The van der Waals surface area contributed by atoms with Crippen molar-refractivity contribution < 1.29 is 36.2 Å². The van der Waals surface area contributed by atoms with E-state index in [-0.39, 0.29) is 30.3 Å². The van der Waals surface area contributed by atoms with E-state index in [1.165, 1.54) is 22.9 Å². The SMILES string of the molecule is CS(=O)(=O)CCCn1nc(C(=O)O)c2cc(-c3ccc(NCc4cccc(OC(F)(F)F)c4)nc3)ccc21. The summed E-state index contributed by atoms with van der Waals surface area (Å²) in [6.45, 7) is 0.469. The number of pyridine rings is 1. The lowest BCUT2D eigenvalue weighted by Gasteiger charge is -2.11. The summed E-state index contributed by atoms with van der Waals surface area (Å²) in [4.78, 5) is 16.1. The van der Waals surface area contributed by atoms with Crippen molar-refractivity contribution in [3.8, 4) is 16.9 Å². The Balaban J connectivity index is 1.49. The van der Waals surface area contributed by atoms with Gasteiger partial charge in [-0.2, -0.15) is 5.10 Å². The van der Waals surface area contributed by atoms with Crippen molar-refractivity contribution in [2.45, 2.75) is 25.9 Å². The number of carbonyl (C=O) groups is 1. The molecule has 0 aliphatic rings. The van der Waals surface area contributed by atoms with Crippen LogP contribution in [0.4, 0.5) is 19.0 Å². The van der Waals surface area contributed by atoms with Crippen molar-refractivity contribution in [3.63, 3.8) is 0 Å². The van der Waals surface area contributed by atoms with E-state index >= 15 is 0 Å². The molecule has 0 amide bonds. The van der Waals surface area contributed by atoms with Gasteiger partial charge in [0, 0.05) is 36.5 Å². The average molecular weight is 549 g/mol. The molecule has 2 N–H and O–H groups in total. The highest BCUT2D eigenvalue weighted by Crippen LogP contribution is 2.28. The van der Waals surface area contributed by atoms with Crippen LogP contribution < -0.4 is 10.1 Å².